The molecule has 0 aliphatic carbocycles. The summed E-state index contributed by atoms with van der Waals surface area (Å²) in [6.45, 7) is 3.08. The number of urea groups is 1. The third-order valence-electron chi connectivity index (χ3n) is 3.94. The van der Waals surface area contributed by atoms with Gasteiger partial charge in [-0.2, -0.15) is 0 Å². The minimum absolute atomic E-state index is 0.0914. The van der Waals surface area contributed by atoms with Gasteiger partial charge in [0.25, 0.3) is 0 Å². The molecule has 1 aliphatic rings. The average molecular weight is 322 g/mol. The zero-order valence-corrected chi connectivity index (χ0v) is 13.2. The molecule has 0 saturated carbocycles. The second kappa shape index (κ2) is 7.92. The number of likely N-dealkylation sites (tertiary alicyclic amines) is 1. The van der Waals surface area contributed by atoms with Crippen molar-refractivity contribution in [2.75, 3.05) is 25.0 Å². The number of carbonyl (C=O) groups excluding carboxylic acids is 2. The molecule has 2 atom stereocenters. The number of nitrogens with two attached hydrogens (primary N) is 1. The van der Waals surface area contributed by atoms with Crippen LogP contribution in [0.2, 0.25) is 0 Å². The molecular weight excluding hydrogens is 299 g/mol. The van der Waals surface area contributed by atoms with Crippen LogP contribution in [0, 0.1) is 11.7 Å². The number of hydrogen-bond donors (Lipinski definition) is 3. The van der Waals surface area contributed by atoms with Gasteiger partial charge in [-0.3, -0.25) is 4.79 Å². The highest BCUT2D eigenvalue weighted by Gasteiger charge is 2.29. The summed E-state index contributed by atoms with van der Waals surface area (Å²) in [5.41, 5.74) is 5.64. The van der Waals surface area contributed by atoms with Gasteiger partial charge in [0, 0.05) is 25.7 Å². The molecule has 126 valence electrons. The quantitative estimate of drug-likeness (QED) is 0.785. The highest BCUT2D eigenvalue weighted by molar-refractivity contribution is 5.90. The number of halogens is 1. The second-order valence-electron chi connectivity index (χ2n) is 5.84. The number of benzene rings is 1. The van der Waals surface area contributed by atoms with Crippen LogP contribution in [0.3, 0.4) is 0 Å². The van der Waals surface area contributed by atoms with E-state index in [0.29, 0.717) is 19.6 Å². The number of nitrogens with zero attached hydrogens (tertiary/aromatic N) is 1. The predicted octanol–water partition coefficient (Wildman–Crippen LogP) is 1.53. The lowest BCUT2D eigenvalue weighted by atomic mass is 9.97. The van der Waals surface area contributed by atoms with Gasteiger partial charge in [0.05, 0.1) is 11.6 Å². The lowest BCUT2D eigenvalue weighted by molar-refractivity contribution is -0.126. The minimum atomic E-state index is -0.482. The first-order valence-corrected chi connectivity index (χ1v) is 7.82. The van der Waals surface area contributed by atoms with Gasteiger partial charge in [-0.15, -0.1) is 0 Å². The second-order valence-corrected chi connectivity index (χ2v) is 5.84. The molecule has 1 aromatic rings. The van der Waals surface area contributed by atoms with E-state index >= 15 is 0 Å². The molecule has 0 bridgehead atoms. The van der Waals surface area contributed by atoms with Gasteiger partial charge in [0.1, 0.15) is 5.82 Å². The summed E-state index contributed by atoms with van der Waals surface area (Å²) in [5, 5.41) is 5.39. The zero-order valence-electron chi connectivity index (χ0n) is 13.2. The summed E-state index contributed by atoms with van der Waals surface area (Å²) in [6, 6.07) is 5.52. The molecule has 0 spiro atoms. The van der Waals surface area contributed by atoms with Crippen LogP contribution < -0.4 is 16.4 Å². The first kappa shape index (κ1) is 17.2. The number of carbonyl (C=O) groups is 2. The van der Waals surface area contributed by atoms with Crippen molar-refractivity contribution >= 4 is 17.6 Å². The zero-order chi connectivity index (χ0) is 16.8. The summed E-state index contributed by atoms with van der Waals surface area (Å²) in [7, 11) is 0. The normalized spacial score (nSPS) is 19.1. The van der Waals surface area contributed by atoms with Gasteiger partial charge in [-0.05, 0) is 31.9 Å². The van der Waals surface area contributed by atoms with Gasteiger partial charge in [-0.1, -0.05) is 12.1 Å². The Kier molecular flexibility index (Phi) is 5.92. The predicted molar refractivity (Wildman–Crippen MR) is 86.4 cm³/mol. The molecule has 0 radical (unpaired) electrons. The van der Waals surface area contributed by atoms with Crippen LogP contribution in [0.15, 0.2) is 24.3 Å². The van der Waals surface area contributed by atoms with Crippen LogP contribution in [0.4, 0.5) is 14.9 Å². The SMILES string of the molecule is C[C@@H](CN)NC(=O)C1CCCN(C(=O)Nc2ccccc2F)C1. The highest BCUT2D eigenvalue weighted by Crippen LogP contribution is 2.19. The summed E-state index contributed by atoms with van der Waals surface area (Å²) in [4.78, 5) is 26.0. The highest BCUT2D eigenvalue weighted by atomic mass is 19.1. The van der Waals surface area contributed by atoms with Crippen molar-refractivity contribution in [1.29, 1.82) is 0 Å². The van der Waals surface area contributed by atoms with E-state index < -0.39 is 5.82 Å². The number of para-hydroxylation sites is 1. The van der Waals surface area contributed by atoms with Gasteiger partial charge >= 0.3 is 6.03 Å². The van der Waals surface area contributed by atoms with Crippen LogP contribution in [0.1, 0.15) is 19.8 Å². The fraction of sp³-hybridized carbons (Fsp3) is 0.500. The van der Waals surface area contributed by atoms with Gasteiger partial charge < -0.3 is 21.3 Å². The van der Waals surface area contributed by atoms with E-state index in [-0.39, 0.29) is 29.6 Å². The van der Waals surface area contributed by atoms with Crippen LogP contribution in [-0.4, -0.2) is 42.5 Å². The number of anilines is 1. The molecule has 1 heterocycles. The monoisotopic (exact) mass is 322 g/mol. The molecule has 7 heteroatoms. The molecular formula is C16H23FN4O2. The molecule has 1 fully saturated rings. The molecule has 1 aliphatic heterocycles. The van der Waals surface area contributed by atoms with Crippen molar-refractivity contribution in [2.24, 2.45) is 11.7 Å². The lowest BCUT2D eigenvalue weighted by Gasteiger charge is -2.32. The molecule has 6 nitrogen and oxygen atoms in total. The van der Waals surface area contributed by atoms with Crippen molar-refractivity contribution in [2.45, 2.75) is 25.8 Å². The number of hydrogen-bond acceptors (Lipinski definition) is 3. The lowest BCUT2D eigenvalue weighted by Crippen LogP contribution is -2.49. The number of nitrogens with one attached hydrogen (secondary N) is 2. The Hall–Kier alpha value is -2.15. The summed E-state index contributed by atoms with van der Waals surface area (Å²) in [5.74, 6) is -0.834. The maximum Gasteiger partial charge on any atom is 0.321 e. The Bertz CT molecular complexity index is 567. The van der Waals surface area contributed by atoms with E-state index in [0.717, 1.165) is 12.8 Å². The fourth-order valence-electron chi connectivity index (χ4n) is 2.55. The van der Waals surface area contributed by atoms with E-state index in [1.807, 2.05) is 6.92 Å². The third-order valence-corrected chi connectivity index (χ3v) is 3.94. The molecule has 1 saturated heterocycles. The Labute approximate surface area is 135 Å². The van der Waals surface area contributed by atoms with Crippen LogP contribution >= 0.6 is 0 Å². The Morgan fingerprint density at radius 1 is 1.43 bits per heavy atom. The molecule has 3 amide bonds. The molecule has 2 rings (SSSR count). The molecule has 23 heavy (non-hydrogen) atoms. The summed E-state index contributed by atoms with van der Waals surface area (Å²) < 4.78 is 13.6. The first-order valence-electron chi connectivity index (χ1n) is 7.82. The Morgan fingerprint density at radius 2 is 2.17 bits per heavy atom. The van der Waals surface area contributed by atoms with Crippen molar-refractivity contribution in [1.82, 2.24) is 10.2 Å². The Balaban J connectivity index is 1.94. The third kappa shape index (κ3) is 4.66. The van der Waals surface area contributed by atoms with E-state index in [2.05, 4.69) is 10.6 Å². The van der Waals surface area contributed by atoms with Gasteiger partial charge in [0.2, 0.25) is 5.91 Å². The molecule has 1 aromatic carbocycles. The van der Waals surface area contributed by atoms with Gasteiger partial charge in [0.15, 0.2) is 0 Å². The number of rotatable bonds is 4. The maximum atomic E-state index is 13.6. The largest absolute Gasteiger partial charge is 0.352 e. The van der Waals surface area contributed by atoms with Crippen LogP contribution in [0.25, 0.3) is 0 Å². The summed E-state index contributed by atoms with van der Waals surface area (Å²) in [6.07, 6.45) is 1.46. The first-order chi connectivity index (χ1) is 11.0. The number of piperidine rings is 1. The topological polar surface area (TPSA) is 87.5 Å². The van der Waals surface area contributed by atoms with E-state index in [1.54, 1.807) is 17.0 Å². The Morgan fingerprint density at radius 3 is 2.87 bits per heavy atom. The van der Waals surface area contributed by atoms with E-state index in [9.17, 15) is 14.0 Å². The van der Waals surface area contributed by atoms with Crippen LogP contribution in [-0.2, 0) is 4.79 Å². The standard InChI is InChI=1S/C16H23FN4O2/c1-11(9-18)19-15(22)12-5-4-8-21(10-12)16(23)20-14-7-3-2-6-13(14)17/h2-3,6-7,11-12H,4-5,8-10,18H2,1H3,(H,19,22)(H,20,23)/t11-,12?/m0/s1. The fourth-order valence-corrected chi connectivity index (χ4v) is 2.55. The van der Waals surface area contributed by atoms with Crippen molar-refractivity contribution in [3.63, 3.8) is 0 Å². The number of amides is 3. The average Bonchev–Trinajstić information content (AvgIpc) is 2.56. The summed E-state index contributed by atoms with van der Waals surface area (Å²) >= 11 is 0. The smallest absolute Gasteiger partial charge is 0.321 e. The van der Waals surface area contributed by atoms with E-state index in [1.165, 1.54) is 12.1 Å². The van der Waals surface area contributed by atoms with Crippen LogP contribution in [0.5, 0.6) is 0 Å². The molecule has 4 N–H and O–H groups in total. The van der Waals surface area contributed by atoms with Crippen molar-refractivity contribution in [3.8, 4) is 0 Å². The molecule has 1 unspecified atom stereocenters. The maximum absolute atomic E-state index is 13.6. The van der Waals surface area contributed by atoms with Gasteiger partial charge in [-0.25, -0.2) is 9.18 Å². The van der Waals surface area contributed by atoms with Crippen molar-refractivity contribution < 1.29 is 14.0 Å². The minimum Gasteiger partial charge on any atom is -0.352 e. The molecule has 0 aromatic heterocycles. The van der Waals surface area contributed by atoms with E-state index in [4.69, 9.17) is 5.73 Å². The van der Waals surface area contributed by atoms with Crippen molar-refractivity contribution in [3.05, 3.63) is 30.1 Å².